The zero-order valence-corrected chi connectivity index (χ0v) is 15.3. The first-order valence-corrected chi connectivity index (χ1v) is 10.1. The highest BCUT2D eigenvalue weighted by Gasteiger charge is 2.29. The fourth-order valence-electron chi connectivity index (χ4n) is 2.88. The number of para-hydroxylation sites is 1. The molecule has 1 aliphatic heterocycles. The molecule has 1 aromatic carbocycles. The SMILES string of the molecule is N#CC(=Cc1ccc(-c2ccccc2[N+](=O)[O-])o1)C(=O)NC1CCS(=O)(=O)C1. The van der Waals surface area contributed by atoms with E-state index in [4.69, 9.17) is 4.42 Å². The number of benzene rings is 1. The summed E-state index contributed by atoms with van der Waals surface area (Å²) in [5, 5.41) is 22.9. The Morgan fingerprint density at radius 2 is 2.07 bits per heavy atom. The van der Waals surface area contributed by atoms with Crippen LogP contribution in [0.15, 0.2) is 46.4 Å². The molecule has 0 saturated carbocycles. The van der Waals surface area contributed by atoms with Gasteiger partial charge in [0.1, 0.15) is 23.2 Å². The summed E-state index contributed by atoms with van der Waals surface area (Å²) in [6, 6.07) is 10.2. The van der Waals surface area contributed by atoms with Gasteiger partial charge in [0.05, 0.1) is 22.0 Å². The highest BCUT2D eigenvalue weighted by Crippen LogP contribution is 2.31. The van der Waals surface area contributed by atoms with E-state index in [1.165, 1.54) is 36.4 Å². The second kappa shape index (κ2) is 7.66. The first-order chi connectivity index (χ1) is 13.3. The average Bonchev–Trinajstić information content (AvgIpc) is 3.25. The topological polar surface area (TPSA) is 143 Å². The molecule has 1 aliphatic rings. The van der Waals surface area contributed by atoms with Crippen LogP contribution in [-0.4, -0.2) is 36.8 Å². The standard InChI is InChI=1S/C18H15N3O6S/c19-10-12(18(22)20-13-7-8-28(25,26)11-13)9-14-5-6-17(27-14)15-3-1-2-4-16(15)21(23)24/h1-6,9,13H,7-8,11H2,(H,20,22). The van der Waals surface area contributed by atoms with E-state index in [0.717, 1.165) is 0 Å². The van der Waals surface area contributed by atoms with Crippen molar-refractivity contribution in [1.82, 2.24) is 5.32 Å². The van der Waals surface area contributed by atoms with E-state index in [-0.39, 0.29) is 39.9 Å². The zero-order valence-electron chi connectivity index (χ0n) is 14.5. The molecule has 1 fully saturated rings. The van der Waals surface area contributed by atoms with Gasteiger partial charge in [-0.3, -0.25) is 14.9 Å². The van der Waals surface area contributed by atoms with Crippen LogP contribution in [0.3, 0.4) is 0 Å². The van der Waals surface area contributed by atoms with Crippen LogP contribution in [0.4, 0.5) is 5.69 Å². The molecular formula is C18H15N3O6S. The number of nitriles is 1. The summed E-state index contributed by atoms with van der Waals surface area (Å²) in [5.74, 6) is -0.466. The first kappa shape index (κ1) is 19.3. The molecule has 1 N–H and O–H groups in total. The summed E-state index contributed by atoms with van der Waals surface area (Å²) in [5.41, 5.74) is -0.118. The Morgan fingerprint density at radius 1 is 1.32 bits per heavy atom. The molecule has 3 rings (SSSR count). The predicted octanol–water partition coefficient (Wildman–Crippen LogP) is 2.07. The molecule has 2 heterocycles. The minimum atomic E-state index is -3.16. The molecular weight excluding hydrogens is 386 g/mol. The van der Waals surface area contributed by atoms with E-state index < -0.39 is 26.7 Å². The van der Waals surface area contributed by atoms with Gasteiger partial charge in [-0.25, -0.2) is 8.42 Å². The fraction of sp³-hybridized carbons (Fsp3) is 0.222. The molecule has 1 aromatic heterocycles. The van der Waals surface area contributed by atoms with Crippen molar-refractivity contribution in [3.63, 3.8) is 0 Å². The summed E-state index contributed by atoms with van der Waals surface area (Å²) in [6.07, 6.45) is 1.51. The zero-order chi connectivity index (χ0) is 20.3. The number of carbonyl (C=O) groups excluding carboxylic acids is 1. The number of nitrogens with one attached hydrogen (secondary N) is 1. The van der Waals surface area contributed by atoms with Gasteiger partial charge in [0.25, 0.3) is 11.6 Å². The monoisotopic (exact) mass is 401 g/mol. The Morgan fingerprint density at radius 3 is 2.71 bits per heavy atom. The van der Waals surface area contributed by atoms with Crippen molar-refractivity contribution in [3.8, 4) is 17.4 Å². The largest absolute Gasteiger partial charge is 0.456 e. The third-order valence-electron chi connectivity index (χ3n) is 4.21. The van der Waals surface area contributed by atoms with E-state index in [1.54, 1.807) is 12.1 Å². The van der Waals surface area contributed by atoms with Crippen LogP contribution in [0, 0.1) is 21.4 Å². The lowest BCUT2D eigenvalue weighted by atomic mass is 10.1. The molecule has 0 spiro atoms. The molecule has 0 bridgehead atoms. The second-order valence-electron chi connectivity index (χ2n) is 6.22. The molecule has 1 saturated heterocycles. The number of carbonyl (C=O) groups is 1. The Hall–Kier alpha value is -3.45. The van der Waals surface area contributed by atoms with E-state index in [1.807, 2.05) is 0 Å². The van der Waals surface area contributed by atoms with Crippen molar-refractivity contribution in [1.29, 1.82) is 5.26 Å². The molecule has 1 amide bonds. The lowest BCUT2D eigenvalue weighted by Crippen LogP contribution is -2.36. The maximum atomic E-state index is 12.2. The van der Waals surface area contributed by atoms with Crippen molar-refractivity contribution in [2.24, 2.45) is 0 Å². The Balaban J connectivity index is 1.80. The number of sulfone groups is 1. The lowest BCUT2D eigenvalue weighted by Gasteiger charge is -2.09. The van der Waals surface area contributed by atoms with Crippen molar-refractivity contribution >= 4 is 27.5 Å². The van der Waals surface area contributed by atoms with Gasteiger partial charge in [-0.1, -0.05) is 12.1 Å². The second-order valence-corrected chi connectivity index (χ2v) is 8.45. The number of nitro groups is 1. The van der Waals surface area contributed by atoms with Gasteiger partial charge in [0.15, 0.2) is 9.84 Å². The third kappa shape index (κ3) is 4.27. The third-order valence-corrected chi connectivity index (χ3v) is 5.98. The average molecular weight is 401 g/mol. The van der Waals surface area contributed by atoms with E-state index in [9.17, 15) is 28.6 Å². The van der Waals surface area contributed by atoms with Gasteiger partial charge in [0, 0.05) is 18.2 Å². The number of nitro benzene ring substituents is 1. The maximum absolute atomic E-state index is 12.2. The highest BCUT2D eigenvalue weighted by atomic mass is 32.2. The normalized spacial score (nSPS) is 18.4. The van der Waals surface area contributed by atoms with Crippen molar-refractivity contribution in [2.75, 3.05) is 11.5 Å². The molecule has 2 aromatic rings. The predicted molar refractivity (Wildman–Crippen MR) is 99.6 cm³/mol. The van der Waals surface area contributed by atoms with Crippen LogP contribution < -0.4 is 5.32 Å². The van der Waals surface area contributed by atoms with Crippen LogP contribution in [0.25, 0.3) is 17.4 Å². The lowest BCUT2D eigenvalue weighted by molar-refractivity contribution is -0.384. The maximum Gasteiger partial charge on any atom is 0.280 e. The number of furan rings is 1. The van der Waals surface area contributed by atoms with Crippen LogP contribution in [0.1, 0.15) is 12.2 Å². The van der Waals surface area contributed by atoms with Crippen molar-refractivity contribution < 1.29 is 22.6 Å². The van der Waals surface area contributed by atoms with E-state index in [0.29, 0.717) is 6.42 Å². The molecule has 1 atom stereocenters. The summed E-state index contributed by atoms with van der Waals surface area (Å²) in [4.78, 5) is 22.8. The number of hydrogen-bond acceptors (Lipinski definition) is 7. The minimum absolute atomic E-state index is 0.000940. The molecule has 0 aliphatic carbocycles. The van der Waals surface area contributed by atoms with Gasteiger partial charge in [-0.05, 0) is 24.6 Å². The molecule has 28 heavy (non-hydrogen) atoms. The number of rotatable bonds is 5. The Kier molecular flexibility index (Phi) is 5.28. The van der Waals surface area contributed by atoms with Gasteiger partial charge in [0.2, 0.25) is 0 Å². The van der Waals surface area contributed by atoms with Gasteiger partial charge < -0.3 is 9.73 Å². The van der Waals surface area contributed by atoms with Crippen LogP contribution in [-0.2, 0) is 14.6 Å². The van der Waals surface area contributed by atoms with E-state index in [2.05, 4.69) is 5.32 Å². The van der Waals surface area contributed by atoms with Gasteiger partial charge in [-0.15, -0.1) is 0 Å². The van der Waals surface area contributed by atoms with E-state index >= 15 is 0 Å². The molecule has 10 heteroatoms. The number of hydrogen-bond donors (Lipinski definition) is 1. The fourth-order valence-corrected chi connectivity index (χ4v) is 4.55. The smallest absolute Gasteiger partial charge is 0.280 e. The summed E-state index contributed by atoms with van der Waals surface area (Å²) < 4.78 is 28.5. The molecule has 0 radical (unpaired) electrons. The summed E-state index contributed by atoms with van der Waals surface area (Å²) in [7, 11) is -3.16. The molecule has 144 valence electrons. The Labute approximate surface area is 160 Å². The summed E-state index contributed by atoms with van der Waals surface area (Å²) >= 11 is 0. The number of nitrogens with zero attached hydrogens (tertiary/aromatic N) is 2. The quantitative estimate of drug-likeness (QED) is 0.349. The molecule has 1 unspecified atom stereocenters. The molecule has 9 nitrogen and oxygen atoms in total. The van der Waals surface area contributed by atoms with Crippen LogP contribution >= 0.6 is 0 Å². The van der Waals surface area contributed by atoms with Gasteiger partial charge in [-0.2, -0.15) is 5.26 Å². The van der Waals surface area contributed by atoms with Crippen LogP contribution in [0.5, 0.6) is 0 Å². The van der Waals surface area contributed by atoms with Crippen LogP contribution in [0.2, 0.25) is 0 Å². The Bertz CT molecular complexity index is 1110. The van der Waals surface area contributed by atoms with Crippen molar-refractivity contribution in [3.05, 3.63) is 57.8 Å². The van der Waals surface area contributed by atoms with Gasteiger partial charge >= 0.3 is 0 Å². The minimum Gasteiger partial charge on any atom is -0.456 e. The summed E-state index contributed by atoms with van der Waals surface area (Å²) in [6.45, 7) is 0. The highest BCUT2D eigenvalue weighted by molar-refractivity contribution is 7.91. The first-order valence-electron chi connectivity index (χ1n) is 8.26. The van der Waals surface area contributed by atoms with Crippen molar-refractivity contribution in [2.45, 2.75) is 12.5 Å². The number of amides is 1.